The SMILES string of the molecule is COc1ccc(OCc2csc(C(=O)Nc3cc(C)nn3C(C)C)c2)cc1. The Balaban J connectivity index is 1.62. The summed E-state index contributed by atoms with van der Waals surface area (Å²) in [5, 5.41) is 9.29. The molecule has 27 heavy (non-hydrogen) atoms. The third-order valence-electron chi connectivity index (χ3n) is 3.93. The monoisotopic (exact) mass is 385 g/mol. The number of rotatable bonds is 7. The van der Waals surface area contributed by atoms with Crippen LogP contribution in [0.2, 0.25) is 0 Å². The number of ether oxygens (including phenoxy) is 2. The van der Waals surface area contributed by atoms with Crippen molar-refractivity contribution < 1.29 is 14.3 Å². The van der Waals surface area contributed by atoms with Crippen molar-refractivity contribution in [3.63, 3.8) is 0 Å². The van der Waals surface area contributed by atoms with Crippen molar-refractivity contribution in [3.05, 3.63) is 57.9 Å². The highest BCUT2D eigenvalue weighted by atomic mass is 32.1. The molecular weight excluding hydrogens is 362 g/mol. The number of thiophene rings is 1. The first kappa shape index (κ1) is 19.0. The average molecular weight is 385 g/mol. The van der Waals surface area contributed by atoms with Gasteiger partial charge in [0, 0.05) is 17.7 Å². The van der Waals surface area contributed by atoms with Crippen molar-refractivity contribution in [2.45, 2.75) is 33.4 Å². The predicted molar refractivity (Wildman–Crippen MR) is 107 cm³/mol. The summed E-state index contributed by atoms with van der Waals surface area (Å²) < 4.78 is 12.7. The van der Waals surface area contributed by atoms with Gasteiger partial charge in [-0.05, 0) is 56.5 Å². The number of anilines is 1. The molecule has 0 aliphatic rings. The Hall–Kier alpha value is -2.80. The van der Waals surface area contributed by atoms with Gasteiger partial charge in [-0.2, -0.15) is 5.10 Å². The lowest BCUT2D eigenvalue weighted by atomic mass is 10.3. The van der Waals surface area contributed by atoms with Crippen LogP contribution in [0, 0.1) is 6.92 Å². The van der Waals surface area contributed by atoms with E-state index < -0.39 is 0 Å². The van der Waals surface area contributed by atoms with Gasteiger partial charge in [-0.25, -0.2) is 4.68 Å². The average Bonchev–Trinajstić information content (AvgIpc) is 3.27. The van der Waals surface area contributed by atoms with Gasteiger partial charge in [0.1, 0.15) is 23.9 Å². The van der Waals surface area contributed by atoms with E-state index in [2.05, 4.69) is 10.4 Å². The normalized spacial score (nSPS) is 10.9. The molecule has 1 amide bonds. The Labute approximate surface area is 162 Å². The molecule has 2 heterocycles. The van der Waals surface area contributed by atoms with Crippen molar-refractivity contribution in [2.24, 2.45) is 0 Å². The smallest absolute Gasteiger partial charge is 0.266 e. The van der Waals surface area contributed by atoms with E-state index in [4.69, 9.17) is 9.47 Å². The number of nitrogens with zero attached hydrogens (tertiary/aromatic N) is 2. The van der Waals surface area contributed by atoms with Crippen LogP contribution in [0.5, 0.6) is 11.5 Å². The summed E-state index contributed by atoms with van der Waals surface area (Å²) in [5.74, 6) is 2.10. The van der Waals surface area contributed by atoms with Crippen LogP contribution in [-0.4, -0.2) is 22.8 Å². The molecule has 2 aromatic heterocycles. The summed E-state index contributed by atoms with van der Waals surface area (Å²) in [6.45, 7) is 6.37. The number of methoxy groups -OCH3 is 1. The Kier molecular flexibility index (Phi) is 5.81. The number of benzene rings is 1. The highest BCUT2D eigenvalue weighted by Crippen LogP contribution is 2.22. The van der Waals surface area contributed by atoms with Gasteiger partial charge in [-0.3, -0.25) is 4.79 Å². The molecule has 142 valence electrons. The molecule has 0 atom stereocenters. The number of aryl methyl sites for hydroxylation is 1. The van der Waals surface area contributed by atoms with Gasteiger partial charge in [0.05, 0.1) is 17.7 Å². The van der Waals surface area contributed by atoms with Crippen molar-refractivity contribution in [3.8, 4) is 11.5 Å². The molecule has 0 aliphatic heterocycles. The summed E-state index contributed by atoms with van der Waals surface area (Å²) in [4.78, 5) is 13.2. The number of amides is 1. The summed E-state index contributed by atoms with van der Waals surface area (Å²) in [6.07, 6.45) is 0. The summed E-state index contributed by atoms with van der Waals surface area (Å²) in [5.41, 5.74) is 1.83. The van der Waals surface area contributed by atoms with Crippen molar-refractivity contribution >= 4 is 23.1 Å². The molecule has 1 N–H and O–H groups in total. The highest BCUT2D eigenvalue weighted by molar-refractivity contribution is 7.12. The zero-order valence-electron chi connectivity index (χ0n) is 15.9. The van der Waals surface area contributed by atoms with Crippen LogP contribution in [0.25, 0.3) is 0 Å². The van der Waals surface area contributed by atoms with Crippen molar-refractivity contribution in [1.29, 1.82) is 0 Å². The molecule has 0 unspecified atom stereocenters. The molecule has 0 radical (unpaired) electrons. The van der Waals surface area contributed by atoms with Crippen LogP contribution in [0.3, 0.4) is 0 Å². The first-order chi connectivity index (χ1) is 13.0. The van der Waals surface area contributed by atoms with Crippen LogP contribution < -0.4 is 14.8 Å². The van der Waals surface area contributed by atoms with E-state index in [1.165, 1.54) is 11.3 Å². The number of carbonyl (C=O) groups excluding carboxylic acids is 1. The molecule has 0 saturated carbocycles. The first-order valence-corrected chi connectivity index (χ1v) is 9.56. The van der Waals surface area contributed by atoms with E-state index in [0.29, 0.717) is 17.3 Å². The molecule has 0 saturated heterocycles. The lowest BCUT2D eigenvalue weighted by molar-refractivity contribution is 0.102. The number of nitrogens with one attached hydrogen (secondary N) is 1. The maximum absolute atomic E-state index is 12.6. The highest BCUT2D eigenvalue weighted by Gasteiger charge is 2.15. The summed E-state index contributed by atoms with van der Waals surface area (Å²) in [6, 6.07) is 11.3. The van der Waals surface area contributed by atoms with Gasteiger partial charge < -0.3 is 14.8 Å². The second-order valence-electron chi connectivity index (χ2n) is 6.45. The van der Waals surface area contributed by atoms with Gasteiger partial charge in [-0.1, -0.05) is 0 Å². The van der Waals surface area contributed by atoms with E-state index in [-0.39, 0.29) is 11.9 Å². The molecule has 0 fully saturated rings. The maximum atomic E-state index is 12.6. The van der Waals surface area contributed by atoms with Crippen LogP contribution in [0.4, 0.5) is 5.82 Å². The number of carbonyl (C=O) groups is 1. The van der Waals surface area contributed by atoms with Gasteiger partial charge in [0.15, 0.2) is 0 Å². The zero-order chi connectivity index (χ0) is 19.4. The molecule has 6 nitrogen and oxygen atoms in total. The van der Waals surface area contributed by atoms with E-state index in [1.54, 1.807) is 7.11 Å². The lowest BCUT2D eigenvalue weighted by Crippen LogP contribution is -2.15. The molecule has 0 spiro atoms. The Morgan fingerprint density at radius 1 is 1.22 bits per heavy atom. The minimum absolute atomic E-state index is 0.141. The lowest BCUT2D eigenvalue weighted by Gasteiger charge is -2.11. The van der Waals surface area contributed by atoms with Gasteiger partial charge >= 0.3 is 0 Å². The topological polar surface area (TPSA) is 65.4 Å². The minimum atomic E-state index is -0.141. The third kappa shape index (κ3) is 4.68. The molecule has 1 aromatic carbocycles. The Morgan fingerprint density at radius 3 is 2.59 bits per heavy atom. The molecule has 7 heteroatoms. The first-order valence-electron chi connectivity index (χ1n) is 8.68. The van der Waals surface area contributed by atoms with Crippen molar-refractivity contribution in [1.82, 2.24) is 9.78 Å². The second kappa shape index (κ2) is 8.26. The Morgan fingerprint density at radius 2 is 1.93 bits per heavy atom. The Bertz CT molecular complexity index is 913. The zero-order valence-corrected chi connectivity index (χ0v) is 16.7. The summed E-state index contributed by atoms with van der Waals surface area (Å²) in [7, 11) is 1.63. The number of hydrogen-bond acceptors (Lipinski definition) is 5. The van der Waals surface area contributed by atoms with Crippen LogP contribution in [-0.2, 0) is 6.61 Å². The second-order valence-corrected chi connectivity index (χ2v) is 7.36. The maximum Gasteiger partial charge on any atom is 0.266 e. The van der Waals surface area contributed by atoms with Crippen molar-refractivity contribution in [2.75, 3.05) is 12.4 Å². The summed E-state index contributed by atoms with van der Waals surface area (Å²) >= 11 is 1.40. The van der Waals surface area contributed by atoms with Crippen LogP contribution in [0.1, 0.15) is 40.8 Å². The largest absolute Gasteiger partial charge is 0.497 e. The minimum Gasteiger partial charge on any atom is -0.497 e. The van der Waals surface area contributed by atoms with E-state index in [1.807, 2.05) is 67.2 Å². The molecule has 0 aliphatic carbocycles. The molecule has 3 rings (SSSR count). The number of aromatic nitrogens is 2. The molecule has 3 aromatic rings. The van der Waals surface area contributed by atoms with Crippen LogP contribution >= 0.6 is 11.3 Å². The van der Waals surface area contributed by atoms with Gasteiger partial charge in [0.2, 0.25) is 0 Å². The number of hydrogen-bond donors (Lipinski definition) is 1. The predicted octanol–water partition coefficient (Wildman–Crippen LogP) is 4.67. The van der Waals surface area contributed by atoms with Gasteiger partial charge in [0.25, 0.3) is 5.91 Å². The standard InChI is InChI=1S/C20H23N3O3S/c1-13(2)23-19(9-14(3)22-23)21-20(24)18-10-15(12-27-18)11-26-17-7-5-16(25-4)6-8-17/h5-10,12-13H,11H2,1-4H3,(H,21,24). The quantitative estimate of drug-likeness (QED) is 0.642. The third-order valence-corrected chi connectivity index (χ3v) is 4.91. The van der Waals surface area contributed by atoms with Crippen LogP contribution in [0.15, 0.2) is 41.8 Å². The fourth-order valence-corrected chi connectivity index (χ4v) is 3.38. The van der Waals surface area contributed by atoms with Gasteiger partial charge in [-0.15, -0.1) is 11.3 Å². The van der Waals surface area contributed by atoms with E-state index in [9.17, 15) is 4.79 Å². The fourth-order valence-electron chi connectivity index (χ4n) is 2.59. The molecule has 0 bridgehead atoms. The van der Waals surface area contributed by atoms with E-state index in [0.717, 1.165) is 22.8 Å². The molecular formula is C20H23N3O3S. The van der Waals surface area contributed by atoms with E-state index >= 15 is 0 Å². The fraction of sp³-hybridized carbons (Fsp3) is 0.300.